The van der Waals surface area contributed by atoms with E-state index in [1.165, 1.54) is 4.90 Å². The average Bonchev–Trinajstić information content (AvgIpc) is 3.19. The molecule has 136 valence electrons. The van der Waals surface area contributed by atoms with Gasteiger partial charge in [-0.2, -0.15) is 0 Å². The van der Waals surface area contributed by atoms with Crippen molar-refractivity contribution in [3.05, 3.63) is 76.9 Å². The number of fused-ring (bicyclic) bond motifs is 1. The minimum atomic E-state index is 0.470. The number of para-hydroxylation sites is 1. The summed E-state index contributed by atoms with van der Waals surface area (Å²) in [5, 5.41) is 4.23. The van der Waals surface area contributed by atoms with Crippen molar-refractivity contribution in [2.24, 2.45) is 0 Å². The van der Waals surface area contributed by atoms with Gasteiger partial charge in [-0.3, -0.25) is 4.98 Å². The van der Waals surface area contributed by atoms with Crippen LogP contribution in [-0.4, -0.2) is 17.1 Å². The molecule has 0 saturated carbocycles. The molecule has 0 unspecified atom stereocenters. The quantitative estimate of drug-likeness (QED) is 0.383. The van der Waals surface area contributed by atoms with Crippen LogP contribution in [0, 0.1) is 0 Å². The van der Waals surface area contributed by atoms with Crippen LogP contribution in [0.1, 0.15) is 10.7 Å². The zero-order valence-electron chi connectivity index (χ0n) is 14.8. The van der Waals surface area contributed by atoms with Crippen LogP contribution < -0.4 is 9.47 Å². The summed E-state index contributed by atoms with van der Waals surface area (Å²) in [7, 11) is 1.65. The maximum absolute atomic E-state index is 5.80. The number of aromatic nitrogens is 2. The van der Waals surface area contributed by atoms with E-state index in [4.69, 9.17) is 9.47 Å². The van der Waals surface area contributed by atoms with Crippen molar-refractivity contribution in [2.45, 2.75) is 17.3 Å². The largest absolute Gasteiger partial charge is 0.497 e. The molecule has 2 aromatic carbocycles. The van der Waals surface area contributed by atoms with Crippen LogP contribution in [-0.2, 0) is 12.4 Å². The molecule has 0 atom stereocenters. The predicted octanol–water partition coefficient (Wildman–Crippen LogP) is 5.57. The molecule has 0 saturated heterocycles. The maximum Gasteiger partial charge on any atom is 0.140 e. The van der Waals surface area contributed by atoms with Crippen LogP contribution in [0.5, 0.6) is 11.5 Å². The fourth-order valence-corrected chi connectivity index (χ4v) is 4.39. The molecule has 0 bridgehead atoms. The highest BCUT2D eigenvalue weighted by Gasteiger charge is 2.07. The molecular formula is C21H18N2O2S2. The fourth-order valence-electron chi connectivity index (χ4n) is 2.64. The van der Waals surface area contributed by atoms with Crippen molar-refractivity contribution >= 4 is 34.0 Å². The Bertz CT molecular complexity index is 1030. The molecule has 4 nitrogen and oxygen atoms in total. The Labute approximate surface area is 166 Å². The first-order valence-corrected chi connectivity index (χ1v) is 10.3. The monoisotopic (exact) mass is 394 g/mol. The normalized spacial score (nSPS) is 10.9. The number of pyridine rings is 1. The van der Waals surface area contributed by atoms with Gasteiger partial charge in [-0.05, 0) is 36.4 Å². The third-order valence-corrected chi connectivity index (χ3v) is 5.94. The van der Waals surface area contributed by atoms with Gasteiger partial charge >= 0.3 is 0 Å². The van der Waals surface area contributed by atoms with Crippen molar-refractivity contribution in [1.82, 2.24) is 9.97 Å². The van der Waals surface area contributed by atoms with Gasteiger partial charge in [-0.15, -0.1) is 23.1 Å². The van der Waals surface area contributed by atoms with E-state index in [1.807, 2.05) is 36.5 Å². The molecule has 0 radical (unpaired) electrons. The molecule has 2 heterocycles. The van der Waals surface area contributed by atoms with E-state index in [0.717, 1.165) is 38.9 Å². The van der Waals surface area contributed by atoms with Gasteiger partial charge in [-0.1, -0.05) is 18.2 Å². The van der Waals surface area contributed by atoms with Gasteiger partial charge in [0.2, 0.25) is 0 Å². The molecule has 0 amide bonds. The first-order valence-electron chi connectivity index (χ1n) is 8.48. The Hall–Kier alpha value is -2.57. The third-order valence-electron chi connectivity index (χ3n) is 3.99. The van der Waals surface area contributed by atoms with E-state index in [-0.39, 0.29) is 0 Å². The van der Waals surface area contributed by atoms with Crippen LogP contribution in [0.15, 0.2) is 71.1 Å². The number of hydrogen-bond acceptors (Lipinski definition) is 6. The summed E-state index contributed by atoms with van der Waals surface area (Å²) in [6, 6.07) is 17.9. The summed E-state index contributed by atoms with van der Waals surface area (Å²) >= 11 is 3.39. The summed E-state index contributed by atoms with van der Waals surface area (Å²) in [6.45, 7) is 0.470. The zero-order valence-corrected chi connectivity index (χ0v) is 16.4. The molecule has 27 heavy (non-hydrogen) atoms. The van der Waals surface area contributed by atoms with E-state index >= 15 is 0 Å². The Morgan fingerprint density at radius 3 is 2.67 bits per heavy atom. The molecule has 6 heteroatoms. The number of ether oxygens (including phenoxy) is 2. The number of benzene rings is 2. The lowest BCUT2D eigenvalue weighted by Gasteiger charge is -2.05. The number of thiazole rings is 1. The fraction of sp³-hybridized carbons (Fsp3) is 0.143. The molecule has 0 aliphatic rings. The van der Waals surface area contributed by atoms with Crippen molar-refractivity contribution in [3.63, 3.8) is 0 Å². The van der Waals surface area contributed by atoms with E-state index < -0.39 is 0 Å². The summed E-state index contributed by atoms with van der Waals surface area (Å²) in [4.78, 5) is 10.4. The van der Waals surface area contributed by atoms with Gasteiger partial charge in [0, 0.05) is 27.6 Å². The minimum absolute atomic E-state index is 0.470. The van der Waals surface area contributed by atoms with Crippen molar-refractivity contribution < 1.29 is 9.47 Å². The van der Waals surface area contributed by atoms with Gasteiger partial charge < -0.3 is 9.47 Å². The van der Waals surface area contributed by atoms with Crippen LogP contribution in [0.4, 0.5) is 0 Å². The van der Waals surface area contributed by atoms with E-state index in [2.05, 4.69) is 39.6 Å². The summed E-state index contributed by atoms with van der Waals surface area (Å²) in [6.07, 6.45) is 1.84. The Morgan fingerprint density at radius 2 is 1.81 bits per heavy atom. The second kappa shape index (κ2) is 8.41. The smallest absolute Gasteiger partial charge is 0.140 e. The highest BCUT2D eigenvalue weighted by Crippen LogP contribution is 2.29. The molecule has 2 aromatic heterocycles. The topological polar surface area (TPSA) is 44.2 Å². The van der Waals surface area contributed by atoms with Crippen molar-refractivity contribution in [1.29, 1.82) is 0 Å². The zero-order chi connectivity index (χ0) is 18.5. The molecule has 0 aliphatic heterocycles. The third kappa shape index (κ3) is 4.40. The summed E-state index contributed by atoms with van der Waals surface area (Å²) in [5.41, 5.74) is 2.11. The average molecular weight is 395 g/mol. The number of hydrogen-bond donors (Lipinski definition) is 0. The Balaban J connectivity index is 1.36. The van der Waals surface area contributed by atoms with E-state index in [9.17, 15) is 0 Å². The highest BCUT2D eigenvalue weighted by atomic mass is 32.2. The number of thioether (sulfide) groups is 1. The predicted molar refractivity (Wildman–Crippen MR) is 111 cm³/mol. The number of rotatable bonds is 7. The van der Waals surface area contributed by atoms with E-state index in [0.29, 0.717) is 6.61 Å². The first kappa shape index (κ1) is 17.8. The second-order valence-electron chi connectivity index (χ2n) is 5.82. The second-order valence-corrected chi connectivity index (χ2v) is 7.78. The summed E-state index contributed by atoms with van der Waals surface area (Å²) < 4.78 is 11.0. The molecule has 0 aliphatic carbocycles. The highest BCUT2D eigenvalue weighted by molar-refractivity contribution is 7.98. The molecular weight excluding hydrogens is 376 g/mol. The number of nitrogens with zero attached hydrogens (tertiary/aromatic N) is 2. The minimum Gasteiger partial charge on any atom is -0.497 e. The Kier molecular flexibility index (Phi) is 5.55. The van der Waals surface area contributed by atoms with Crippen LogP contribution in [0.25, 0.3) is 10.9 Å². The van der Waals surface area contributed by atoms with Gasteiger partial charge in [0.25, 0.3) is 0 Å². The van der Waals surface area contributed by atoms with Gasteiger partial charge in [0.1, 0.15) is 23.1 Å². The van der Waals surface area contributed by atoms with Crippen LogP contribution in [0.2, 0.25) is 0 Å². The lowest BCUT2D eigenvalue weighted by molar-refractivity contribution is 0.304. The molecule has 0 spiro atoms. The van der Waals surface area contributed by atoms with Crippen molar-refractivity contribution in [2.75, 3.05) is 7.11 Å². The van der Waals surface area contributed by atoms with Gasteiger partial charge in [0.15, 0.2) is 0 Å². The maximum atomic E-state index is 5.80. The molecule has 0 N–H and O–H groups in total. The van der Waals surface area contributed by atoms with Gasteiger partial charge in [-0.25, -0.2) is 4.98 Å². The molecule has 4 rings (SSSR count). The lowest BCUT2D eigenvalue weighted by atomic mass is 10.2. The first-order chi connectivity index (χ1) is 13.3. The SMILES string of the molecule is COc1ccc(OCc2nc(CSc3cccc4cccnc34)cs2)cc1. The van der Waals surface area contributed by atoms with Crippen LogP contribution >= 0.6 is 23.1 Å². The number of methoxy groups -OCH3 is 1. The van der Waals surface area contributed by atoms with Crippen molar-refractivity contribution in [3.8, 4) is 11.5 Å². The molecule has 0 fully saturated rings. The standard InChI is InChI=1S/C21H18N2O2S2/c1-24-17-7-9-18(10-8-17)25-12-20-23-16(14-27-20)13-26-19-6-2-4-15-5-3-11-22-21(15)19/h2-11,14H,12-13H2,1H3. The summed E-state index contributed by atoms with van der Waals surface area (Å²) in [5.74, 6) is 2.44. The van der Waals surface area contributed by atoms with E-state index in [1.54, 1.807) is 30.2 Å². The lowest BCUT2D eigenvalue weighted by Crippen LogP contribution is -1.95. The Morgan fingerprint density at radius 1 is 1.00 bits per heavy atom. The van der Waals surface area contributed by atoms with Crippen LogP contribution in [0.3, 0.4) is 0 Å². The molecule has 4 aromatic rings. The van der Waals surface area contributed by atoms with Gasteiger partial charge in [0.05, 0.1) is 18.3 Å².